The fourth-order valence-corrected chi connectivity index (χ4v) is 14.0. The van der Waals surface area contributed by atoms with E-state index in [1.807, 2.05) is 11.8 Å². The van der Waals surface area contributed by atoms with Gasteiger partial charge in [-0.1, -0.05) is 55.3 Å². The van der Waals surface area contributed by atoms with Crippen LogP contribution in [0.2, 0.25) is 0 Å². The number of carbonyl (C=O) groups is 2. The first kappa shape index (κ1) is 65.1. The van der Waals surface area contributed by atoms with Crippen LogP contribution >= 0.6 is 0 Å². The summed E-state index contributed by atoms with van der Waals surface area (Å²) in [4.78, 5) is 36.6. The van der Waals surface area contributed by atoms with Gasteiger partial charge in [-0.25, -0.2) is 18.2 Å². The number of hydrogen-bond donors (Lipinski definition) is 5. The number of hydrogen-bond acceptors (Lipinski definition) is 14. The minimum absolute atomic E-state index is 0.00299. The highest BCUT2D eigenvalue weighted by molar-refractivity contribution is 7.86. The lowest BCUT2D eigenvalue weighted by Gasteiger charge is -2.36. The minimum Gasteiger partial charge on any atom is -0.744 e. The fourth-order valence-electron chi connectivity index (χ4n) is 12.0. The molecule has 2 bridgehead atoms. The van der Waals surface area contributed by atoms with Crippen LogP contribution in [-0.4, -0.2) is 123 Å². The Balaban J connectivity index is 0.860. The van der Waals surface area contributed by atoms with Gasteiger partial charge in [0.25, 0.3) is 30.4 Å². The SMILES string of the molecule is CC1(C)C(/C=C/C=C/C=C2\N(CCCS(=O)(=O)O)c3ccc(S(=O)(=O)O)cc3C2(C)CCCCCC(=O)NCc2ccc(NC(=O)N3c4nc(-c5cccc(C(F)(F)F)c5)ccc4N4CC[C@H]3C4)cc2)=[N+](CCCS(=O)(=O)O)c2ccc(S(=O)(=O)[O-])cc21. The van der Waals surface area contributed by atoms with E-state index in [0.29, 0.717) is 96.3 Å². The number of nitrogens with one attached hydrogen (secondary N) is 2. The van der Waals surface area contributed by atoms with E-state index < -0.39 is 85.5 Å². The number of benzene rings is 4. The van der Waals surface area contributed by atoms with Crippen molar-refractivity contribution < 1.29 is 79.2 Å². The number of unbranched alkanes of at least 4 members (excludes halogenated alkanes) is 2. The Kier molecular flexibility index (Phi) is 18.7. The molecule has 9 rings (SSSR count). The van der Waals surface area contributed by atoms with E-state index in [1.54, 1.807) is 90.1 Å². The molecule has 28 heteroatoms. The third kappa shape index (κ3) is 14.9. The number of aromatic nitrogens is 1. The molecule has 2 atom stereocenters. The Hall–Kier alpha value is -7.31. The molecule has 0 saturated carbocycles. The van der Waals surface area contributed by atoms with Gasteiger partial charge in [0.15, 0.2) is 11.5 Å². The number of alkyl halides is 3. The molecule has 1 saturated heterocycles. The Bertz CT molecular complexity index is 4160. The van der Waals surface area contributed by atoms with Gasteiger partial charge in [0.1, 0.15) is 16.7 Å². The number of allylic oxidation sites excluding steroid dienone is 6. The van der Waals surface area contributed by atoms with Gasteiger partial charge in [-0.2, -0.15) is 43.0 Å². The van der Waals surface area contributed by atoms with Gasteiger partial charge in [0, 0.05) is 84.8 Å². The van der Waals surface area contributed by atoms with E-state index in [0.717, 1.165) is 17.7 Å². The van der Waals surface area contributed by atoms with E-state index in [1.165, 1.54) is 48.5 Å². The summed E-state index contributed by atoms with van der Waals surface area (Å²) in [6.45, 7) is 7.07. The van der Waals surface area contributed by atoms with Gasteiger partial charge >= 0.3 is 12.2 Å². The topological polar surface area (TPSA) is 304 Å². The van der Waals surface area contributed by atoms with Crippen molar-refractivity contribution in [3.63, 3.8) is 0 Å². The number of halogens is 3. The van der Waals surface area contributed by atoms with Crippen molar-refractivity contribution >= 4 is 86.7 Å². The van der Waals surface area contributed by atoms with Gasteiger partial charge in [-0.3, -0.25) is 23.4 Å². The number of fused-ring (bicyclic) bond motifs is 6. The van der Waals surface area contributed by atoms with Crippen molar-refractivity contribution in [3.8, 4) is 11.3 Å². The van der Waals surface area contributed by atoms with Crippen LogP contribution in [0.5, 0.6) is 0 Å². The van der Waals surface area contributed by atoms with Crippen LogP contribution in [0.4, 0.5) is 46.5 Å². The van der Waals surface area contributed by atoms with Crippen molar-refractivity contribution in [1.29, 1.82) is 0 Å². The lowest BCUT2D eigenvalue weighted by Crippen LogP contribution is -2.48. The van der Waals surface area contributed by atoms with Crippen LogP contribution in [0.15, 0.2) is 143 Å². The summed E-state index contributed by atoms with van der Waals surface area (Å²) < 4.78 is 180. The smallest absolute Gasteiger partial charge is 0.416 e. The van der Waals surface area contributed by atoms with E-state index >= 15 is 0 Å². The lowest BCUT2D eigenvalue weighted by molar-refractivity contribution is -0.437. The molecule has 21 nitrogen and oxygen atoms in total. The van der Waals surface area contributed by atoms with E-state index in [-0.39, 0.29) is 67.0 Å². The summed E-state index contributed by atoms with van der Waals surface area (Å²) in [7, 11) is -18.2. The molecule has 5 aromatic rings. The summed E-state index contributed by atoms with van der Waals surface area (Å²) in [5, 5.41) is 5.85. The quantitative estimate of drug-likeness (QED) is 0.0176. The second kappa shape index (κ2) is 25.3. The maximum absolute atomic E-state index is 14.0. The molecule has 88 heavy (non-hydrogen) atoms. The molecule has 0 radical (unpaired) electrons. The maximum atomic E-state index is 14.0. The Labute approximate surface area is 509 Å². The first-order chi connectivity index (χ1) is 41.2. The fraction of sp³-hybridized carbons (Fsp3) is 0.367. The van der Waals surface area contributed by atoms with E-state index in [9.17, 15) is 74.6 Å². The van der Waals surface area contributed by atoms with Crippen molar-refractivity contribution in [1.82, 2.24) is 10.3 Å². The van der Waals surface area contributed by atoms with Gasteiger partial charge in [-0.05, 0) is 130 Å². The summed E-state index contributed by atoms with van der Waals surface area (Å²) in [6.07, 6.45) is 6.70. The molecule has 0 spiro atoms. The summed E-state index contributed by atoms with van der Waals surface area (Å²) >= 11 is 0. The highest BCUT2D eigenvalue weighted by Crippen LogP contribution is 2.52. The van der Waals surface area contributed by atoms with Crippen molar-refractivity contribution in [3.05, 3.63) is 155 Å². The number of amides is 3. The van der Waals surface area contributed by atoms with Gasteiger partial charge in [-0.15, -0.1) is 0 Å². The number of rotatable bonds is 23. The number of nitrogens with zero attached hydrogens (tertiary/aromatic N) is 5. The highest BCUT2D eigenvalue weighted by Gasteiger charge is 2.46. The standard InChI is InChI=1S/C60H66F3N7O14S4/c1-58(2)47-36-45(87(79,80)81)22-25-50(47)68(30-11-33-85(73,74)75)53(58)15-6-4-7-16-54-59(3,48-37-46(88(82,83)84)23-26-51(48)69(54)31-12-34-86(76,77)78)29-9-5-8-17-55(71)64-38-40-18-20-43(21-19-40)65-57(72)70-44-28-32-67(39-44)52-27-24-49(66-56(52)70)41-13-10-14-42(35-41)60(61,62)63/h4,6-7,10,13-16,18-27,35-37,44H,5,8-9,11-12,17,28-34,38-39H2,1-3H3,(H5-,64,65,71,72,73,74,75,76,77,78,79,80,81,82,83,84)/t44-,59?/m0/s1. The number of carbonyl (C=O) groups excluding carboxylic acids is 2. The number of urea groups is 1. The lowest BCUT2D eigenvalue weighted by atomic mass is 9.77. The monoisotopic (exact) mass is 1290 g/mol. The minimum atomic E-state index is -4.83. The van der Waals surface area contributed by atoms with E-state index in [2.05, 4.69) is 15.5 Å². The second-order valence-electron chi connectivity index (χ2n) is 22.8. The van der Waals surface area contributed by atoms with Crippen molar-refractivity contribution in [2.24, 2.45) is 0 Å². The summed E-state index contributed by atoms with van der Waals surface area (Å²) in [6, 6.07) is 22.5. The molecule has 470 valence electrons. The normalized spacial score (nSPS) is 18.8. The average molecular weight is 1290 g/mol. The number of anilines is 4. The van der Waals surface area contributed by atoms with Gasteiger partial charge < -0.3 is 25.0 Å². The molecular formula is C60H66F3N7O14S4. The highest BCUT2D eigenvalue weighted by atomic mass is 32.2. The maximum Gasteiger partial charge on any atom is 0.416 e. The molecule has 1 unspecified atom stereocenters. The third-order valence-electron chi connectivity index (χ3n) is 16.4. The van der Waals surface area contributed by atoms with Crippen molar-refractivity contribution in [2.75, 3.05) is 57.7 Å². The third-order valence-corrected chi connectivity index (χ3v) is 19.7. The first-order valence-corrected chi connectivity index (χ1v) is 34.3. The number of pyridine rings is 1. The molecule has 5 heterocycles. The van der Waals surface area contributed by atoms with Crippen LogP contribution in [-0.2, 0) is 68.8 Å². The summed E-state index contributed by atoms with van der Waals surface area (Å²) in [5.41, 5.74) is 3.04. The van der Waals surface area contributed by atoms with Gasteiger partial charge in [0.2, 0.25) is 11.6 Å². The Morgan fingerprint density at radius 1 is 0.784 bits per heavy atom. The molecule has 1 fully saturated rings. The molecule has 0 aliphatic carbocycles. The van der Waals surface area contributed by atoms with Crippen LogP contribution in [0.3, 0.4) is 0 Å². The van der Waals surface area contributed by atoms with Crippen LogP contribution in [0, 0.1) is 0 Å². The molecular weight excluding hydrogens is 1230 g/mol. The summed E-state index contributed by atoms with van der Waals surface area (Å²) in [5.74, 6) is -1.02. The van der Waals surface area contributed by atoms with Crippen LogP contribution < -0.4 is 25.3 Å². The van der Waals surface area contributed by atoms with E-state index in [4.69, 9.17) is 4.98 Å². The van der Waals surface area contributed by atoms with Gasteiger partial charge in [0.05, 0.1) is 49.7 Å². The molecule has 1 aromatic heterocycles. The Morgan fingerprint density at radius 3 is 2.17 bits per heavy atom. The molecule has 4 aliphatic heterocycles. The van der Waals surface area contributed by atoms with Crippen molar-refractivity contribution in [2.45, 2.75) is 112 Å². The predicted molar refractivity (Wildman–Crippen MR) is 325 cm³/mol. The average Bonchev–Trinajstić information content (AvgIpc) is 1.71. The molecule has 5 N–H and O–H groups in total. The molecule has 4 aliphatic rings. The van der Waals surface area contributed by atoms with Crippen LogP contribution in [0.1, 0.15) is 94.4 Å². The molecule has 4 aromatic carbocycles. The zero-order valence-corrected chi connectivity index (χ0v) is 51.4. The zero-order valence-electron chi connectivity index (χ0n) is 48.1. The molecule has 3 amide bonds. The first-order valence-electron chi connectivity index (χ1n) is 28.2. The second-order valence-corrected chi connectivity index (χ2v) is 28.8. The van der Waals surface area contributed by atoms with Crippen LogP contribution in [0.25, 0.3) is 11.3 Å². The Morgan fingerprint density at radius 2 is 1.48 bits per heavy atom. The predicted octanol–water partition coefficient (Wildman–Crippen LogP) is 9.52. The largest absolute Gasteiger partial charge is 0.744 e. The zero-order chi connectivity index (χ0) is 63.8.